The van der Waals surface area contributed by atoms with E-state index in [0.717, 1.165) is 22.5 Å². The first-order chi connectivity index (χ1) is 15.7. The molecule has 0 amide bonds. The molecular formula is C22H17F2NO6S2. The van der Waals surface area contributed by atoms with Crippen LogP contribution in [0.15, 0.2) is 69.3 Å². The van der Waals surface area contributed by atoms with Crippen molar-refractivity contribution in [2.24, 2.45) is 0 Å². The Balaban J connectivity index is 1.52. The summed E-state index contributed by atoms with van der Waals surface area (Å²) < 4.78 is 92.4. The summed E-state index contributed by atoms with van der Waals surface area (Å²) in [6.45, 7) is 0.612. The van der Waals surface area contributed by atoms with Gasteiger partial charge in [0.15, 0.2) is 16.4 Å². The molecule has 0 atom stereocenters. The van der Waals surface area contributed by atoms with Crippen LogP contribution < -0.4 is 13.8 Å². The summed E-state index contributed by atoms with van der Waals surface area (Å²) in [5.74, 6) is -1.61. The number of ether oxygens (including phenoxy) is 2. The number of nitrogens with zero attached hydrogens (tertiary/aromatic N) is 1. The van der Waals surface area contributed by atoms with Crippen molar-refractivity contribution in [2.45, 2.75) is 21.1 Å². The zero-order valence-corrected chi connectivity index (χ0v) is 18.6. The molecule has 0 aliphatic carbocycles. The molecule has 172 valence electrons. The predicted molar refractivity (Wildman–Crippen MR) is 114 cm³/mol. The molecule has 5 rings (SSSR count). The second-order valence-corrected chi connectivity index (χ2v) is 11.2. The van der Waals surface area contributed by atoms with Gasteiger partial charge in [-0.1, -0.05) is 6.07 Å². The summed E-state index contributed by atoms with van der Waals surface area (Å²) in [6.07, 6.45) is 0.190. The van der Waals surface area contributed by atoms with Crippen LogP contribution in [0.3, 0.4) is 0 Å². The lowest BCUT2D eigenvalue weighted by atomic mass is 10.2. The van der Waals surface area contributed by atoms with Crippen LogP contribution in [0.5, 0.6) is 11.5 Å². The highest BCUT2D eigenvalue weighted by molar-refractivity contribution is 7.93. The van der Waals surface area contributed by atoms with Gasteiger partial charge in [-0.2, -0.15) is 0 Å². The molecule has 11 heteroatoms. The van der Waals surface area contributed by atoms with E-state index in [-0.39, 0.29) is 28.4 Å². The number of rotatable bonds is 4. The smallest absolute Gasteiger partial charge is 0.270 e. The molecule has 0 fully saturated rings. The Bertz CT molecular complexity index is 1470. The summed E-state index contributed by atoms with van der Waals surface area (Å²) in [4.78, 5) is -1.07. The van der Waals surface area contributed by atoms with Gasteiger partial charge >= 0.3 is 0 Å². The molecule has 7 nitrogen and oxygen atoms in total. The van der Waals surface area contributed by atoms with Crippen LogP contribution in [-0.4, -0.2) is 36.6 Å². The fraction of sp³-hybridized carbons (Fsp3) is 0.182. The van der Waals surface area contributed by atoms with Gasteiger partial charge in [-0.3, -0.25) is 4.31 Å². The minimum atomic E-state index is -4.52. The van der Waals surface area contributed by atoms with Crippen LogP contribution in [0.1, 0.15) is 5.56 Å². The number of sulfone groups is 1. The first-order valence-corrected chi connectivity index (χ1v) is 12.9. The van der Waals surface area contributed by atoms with E-state index in [2.05, 4.69) is 0 Å². The highest BCUT2D eigenvalue weighted by atomic mass is 32.2. The van der Waals surface area contributed by atoms with Gasteiger partial charge in [0.2, 0.25) is 9.84 Å². The number of hydrogen-bond acceptors (Lipinski definition) is 6. The number of sulfonamides is 1. The molecule has 0 spiro atoms. The van der Waals surface area contributed by atoms with E-state index in [1.54, 1.807) is 0 Å². The number of anilines is 1. The monoisotopic (exact) mass is 493 g/mol. The normalized spacial score (nSPS) is 15.4. The lowest BCUT2D eigenvalue weighted by molar-refractivity contribution is 0.171. The van der Waals surface area contributed by atoms with Gasteiger partial charge in [0.25, 0.3) is 10.0 Å². The number of benzene rings is 3. The third-order valence-electron chi connectivity index (χ3n) is 5.51. The molecule has 3 aromatic carbocycles. The van der Waals surface area contributed by atoms with Crippen molar-refractivity contribution in [1.29, 1.82) is 0 Å². The van der Waals surface area contributed by atoms with Crippen LogP contribution in [-0.2, 0) is 26.3 Å². The molecule has 0 saturated heterocycles. The summed E-state index contributed by atoms with van der Waals surface area (Å²) in [6, 6.07) is 11.1. The lowest BCUT2D eigenvalue weighted by Crippen LogP contribution is -2.30. The maximum atomic E-state index is 14.2. The third kappa shape index (κ3) is 3.51. The average molecular weight is 494 g/mol. The van der Waals surface area contributed by atoms with Crippen molar-refractivity contribution in [3.63, 3.8) is 0 Å². The molecule has 2 aliphatic rings. The maximum Gasteiger partial charge on any atom is 0.270 e. The van der Waals surface area contributed by atoms with Gasteiger partial charge in [0, 0.05) is 12.6 Å². The van der Waals surface area contributed by atoms with Crippen molar-refractivity contribution in [3.8, 4) is 11.5 Å². The second-order valence-electron chi connectivity index (χ2n) is 7.48. The first-order valence-electron chi connectivity index (χ1n) is 9.94. The van der Waals surface area contributed by atoms with Crippen molar-refractivity contribution >= 4 is 25.5 Å². The van der Waals surface area contributed by atoms with Crippen LogP contribution in [0, 0.1) is 11.6 Å². The van der Waals surface area contributed by atoms with Crippen molar-refractivity contribution in [2.75, 3.05) is 24.1 Å². The van der Waals surface area contributed by atoms with E-state index < -0.39 is 36.4 Å². The molecule has 2 heterocycles. The van der Waals surface area contributed by atoms with E-state index >= 15 is 0 Å². The third-order valence-corrected chi connectivity index (χ3v) is 9.12. The Labute approximate surface area is 189 Å². The molecule has 0 radical (unpaired) electrons. The fourth-order valence-electron chi connectivity index (χ4n) is 3.93. The molecule has 0 unspecified atom stereocenters. The number of halogens is 2. The highest BCUT2D eigenvalue weighted by Crippen LogP contribution is 2.38. The lowest BCUT2D eigenvalue weighted by Gasteiger charge is -2.20. The van der Waals surface area contributed by atoms with Crippen molar-refractivity contribution < 1.29 is 35.1 Å². The number of fused-ring (bicyclic) bond motifs is 2. The van der Waals surface area contributed by atoms with Gasteiger partial charge in [-0.25, -0.2) is 25.6 Å². The van der Waals surface area contributed by atoms with Crippen molar-refractivity contribution in [3.05, 3.63) is 71.8 Å². The molecular weight excluding hydrogens is 476 g/mol. The topological polar surface area (TPSA) is 90.0 Å². The zero-order valence-electron chi connectivity index (χ0n) is 17.0. The SMILES string of the molecule is O=S(=O)(c1ccc2c(c1)CCN2S(=O)(=O)c1c(F)cccc1F)c1ccc2c(c1)OCCO2. The molecule has 0 bridgehead atoms. The van der Waals surface area contributed by atoms with Gasteiger partial charge < -0.3 is 9.47 Å². The van der Waals surface area contributed by atoms with Crippen LogP contribution in [0.4, 0.5) is 14.5 Å². The molecule has 33 heavy (non-hydrogen) atoms. The summed E-state index contributed by atoms with van der Waals surface area (Å²) in [5.41, 5.74) is 0.618. The van der Waals surface area contributed by atoms with Gasteiger partial charge in [-0.05, 0) is 54.4 Å². The van der Waals surface area contributed by atoms with E-state index in [1.807, 2.05) is 0 Å². The van der Waals surface area contributed by atoms with E-state index in [1.165, 1.54) is 36.4 Å². The number of hydrogen-bond donors (Lipinski definition) is 0. The Kier molecular flexibility index (Phi) is 5.05. The van der Waals surface area contributed by atoms with Crippen molar-refractivity contribution in [1.82, 2.24) is 0 Å². The van der Waals surface area contributed by atoms with Crippen LogP contribution >= 0.6 is 0 Å². The quantitative estimate of drug-likeness (QED) is 0.554. The van der Waals surface area contributed by atoms with Gasteiger partial charge in [0.05, 0.1) is 15.5 Å². The first kappa shape index (κ1) is 21.7. The second kappa shape index (κ2) is 7.70. The average Bonchev–Trinajstić information content (AvgIpc) is 3.23. The Morgan fingerprint density at radius 3 is 2.15 bits per heavy atom. The molecule has 0 aromatic heterocycles. The minimum Gasteiger partial charge on any atom is -0.486 e. The Morgan fingerprint density at radius 2 is 1.42 bits per heavy atom. The standard InChI is InChI=1S/C22H17F2NO6S2/c23-17-2-1-3-18(24)22(17)33(28,29)25-9-8-14-12-15(4-6-19(14)25)32(26,27)16-5-7-20-21(13-16)31-11-10-30-20/h1-7,12-13H,8-11H2. The summed E-state index contributed by atoms with van der Waals surface area (Å²) in [5, 5.41) is 0. The fourth-order valence-corrected chi connectivity index (χ4v) is 6.87. The molecule has 2 aliphatic heterocycles. The van der Waals surface area contributed by atoms with Crippen LogP contribution in [0.2, 0.25) is 0 Å². The van der Waals surface area contributed by atoms with Crippen LogP contribution in [0.25, 0.3) is 0 Å². The summed E-state index contributed by atoms with van der Waals surface area (Å²) in [7, 11) is -8.46. The van der Waals surface area contributed by atoms with E-state index in [0.29, 0.717) is 30.3 Å². The largest absolute Gasteiger partial charge is 0.486 e. The van der Waals surface area contributed by atoms with E-state index in [4.69, 9.17) is 9.47 Å². The predicted octanol–water partition coefficient (Wildman–Crippen LogP) is 3.32. The van der Waals surface area contributed by atoms with Gasteiger partial charge in [-0.15, -0.1) is 0 Å². The Morgan fingerprint density at radius 1 is 0.788 bits per heavy atom. The molecule has 3 aromatic rings. The molecule has 0 saturated carbocycles. The maximum absolute atomic E-state index is 14.2. The van der Waals surface area contributed by atoms with E-state index in [9.17, 15) is 25.6 Å². The Hall–Kier alpha value is -3.18. The molecule has 0 N–H and O–H groups in total. The highest BCUT2D eigenvalue weighted by Gasteiger charge is 2.36. The zero-order chi connectivity index (χ0) is 23.4. The minimum absolute atomic E-state index is 0.00241. The van der Waals surface area contributed by atoms with Gasteiger partial charge in [0.1, 0.15) is 24.8 Å². The summed E-state index contributed by atoms with van der Waals surface area (Å²) >= 11 is 0.